The number of hydrogen-bond donors (Lipinski definition) is 3. The van der Waals surface area contributed by atoms with Gasteiger partial charge in [-0.15, -0.1) is 0 Å². The van der Waals surface area contributed by atoms with Gasteiger partial charge in [0.25, 0.3) is 0 Å². The SMILES string of the molecule is N.N.N.[Cl-].[Cl-].[Cl-].[Cl-].[Cl-].[Cl-].[Rh]. The van der Waals surface area contributed by atoms with Crippen LogP contribution in [-0.2, 0) is 19.5 Å². The summed E-state index contributed by atoms with van der Waals surface area (Å²) in [6.45, 7) is 0. The van der Waals surface area contributed by atoms with Gasteiger partial charge in [-0.3, -0.25) is 0 Å². The predicted octanol–water partition coefficient (Wildman–Crippen LogP) is -17.5. The molecule has 0 aliphatic carbocycles. The van der Waals surface area contributed by atoms with E-state index in [-0.39, 0.29) is 112 Å². The summed E-state index contributed by atoms with van der Waals surface area (Å²) in [4.78, 5) is 0. The van der Waals surface area contributed by atoms with Crippen LogP contribution in [0.2, 0.25) is 0 Å². The number of hydrogen-bond acceptors (Lipinski definition) is 3. The summed E-state index contributed by atoms with van der Waals surface area (Å²) in [5, 5.41) is 0. The molecule has 0 saturated carbocycles. The van der Waals surface area contributed by atoms with Crippen LogP contribution in [0.4, 0.5) is 0 Å². The monoisotopic (exact) mass is 364 g/mol. The molecule has 1 radical (unpaired) electrons. The van der Waals surface area contributed by atoms with E-state index in [1.54, 1.807) is 0 Å². The first-order chi connectivity index (χ1) is 0. The summed E-state index contributed by atoms with van der Waals surface area (Å²) >= 11 is 0. The van der Waals surface area contributed by atoms with Gasteiger partial charge in [0.15, 0.2) is 0 Å². The Balaban J connectivity index is 0. The van der Waals surface area contributed by atoms with Crippen LogP contribution in [0.15, 0.2) is 0 Å². The van der Waals surface area contributed by atoms with E-state index in [2.05, 4.69) is 0 Å². The van der Waals surface area contributed by atoms with E-state index in [1.165, 1.54) is 0 Å². The Morgan fingerprint density at radius 1 is 0.300 bits per heavy atom. The molecular weight excluding hydrogens is 358 g/mol. The fourth-order valence-electron chi connectivity index (χ4n) is 0. The van der Waals surface area contributed by atoms with Gasteiger partial charge in [-0.2, -0.15) is 0 Å². The minimum atomic E-state index is 0. The van der Waals surface area contributed by atoms with Gasteiger partial charge in [-0.05, 0) is 0 Å². The van der Waals surface area contributed by atoms with E-state index in [1.807, 2.05) is 0 Å². The molecule has 0 aliphatic rings. The largest absolute Gasteiger partial charge is 1.00 e. The smallest absolute Gasteiger partial charge is 0 e. The molecule has 10 heavy (non-hydrogen) atoms. The third-order valence-electron chi connectivity index (χ3n) is 0. The maximum Gasteiger partial charge on any atom is 0 e. The number of halogens is 6. The first kappa shape index (κ1) is 308. The molecule has 0 aromatic heterocycles. The van der Waals surface area contributed by atoms with Crippen molar-refractivity contribution in [3.63, 3.8) is 0 Å². The average Bonchev–Trinajstić information content (AvgIpc) is 0. The second kappa shape index (κ2) is 234. The minimum absolute atomic E-state index is 0. The van der Waals surface area contributed by atoms with Crippen LogP contribution in [0.5, 0.6) is 0 Å². The molecule has 0 aromatic rings. The molecule has 0 fully saturated rings. The topological polar surface area (TPSA) is 105 Å². The molecule has 0 atom stereocenters. The molecule has 0 aromatic carbocycles. The second-order valence-electron chi connectivity index (χ2n) is 0. The van der Waals surface area contributed by atoms with Crippen molar-refractivity contribution in [2.45, 2.75) is 0 Å². The van der Waals surface area contributed by atoms with E-state index in [0.29, 0.717) is 0 Å². The zero-order valence-electron chi connectivity index (χ0n) is 4.72. The first-order valence-corrected chi connectivity index (χ1v) is 0. The maximum atomic E-state index is 0. The summed E-state index contributed by atoms with van der Waals surface area (Å²) < 4.78 is 0. The van der Waals surface area contributed by atoms with Gasteiger partial charge in [0.2, 0.25) is 0 Å². The molecule has 0 amide bonds. The van der Waals surface area contributed by atoms with E-state index in [4.69, 9.17) is 0 Å². The zero-order valence-corrected chi connectivity index (χ0v) is 10.9. The van der Waals surface area contributed by atoms with E-state index >= 15 is 0 Å². The third-order valence-corrected chi connectivity index (χ3v) is 0. The molecule has 0 aliphatic heterocycles. The fourth-order valence-corrected chi connectivity index (χ4v) is 0. The van der Waals surface area contributed by atoms with Crippen molar-refractivity contribution in [1.29, 1.82) is 0 Å². The Morgan fingerprint density at radius 2 is 0.300 bits per heavy atom. The molecule has 0 unspecified atom stereocenters. The molecule has 10 heteroatoms. The molecule has 3 nitrogen and oxygen atoms in total. The van der Waals surface area contributed by atoms with Crippen LogP contribution in [-0.4, -0.2) is 0 Å². The average molecular weight is 367 g/mol. The summed E-state index contributed by atoms with van der Waals surface area (Å²) in [5.74, 6) is 0. The van der Waals surface area contributed by atoms with Crippen LogP contribution in [0.25, 0.3) is 0 Å². The van der Waals surface area contributed by atoms with Crippen LogP contribution >= 0.6 is 0 Å². The van der Waals surface area contributed by atoms with Crippen LogP contribution in [0.3, 0.4) is 0 Å². The van der Waals surface area contributed by atoms with Crippen molar-refractivity contribution in [2.24, 2.45) is 0 Å². The normalized spacial score (nSPS) is 0. The van der Waals surface area contributed by atoms with Gasteiger partial charge in [-0.1, -0.05) is 0 Å². The van der Waals surface area contributed by atoms with Gasteiger partial charge in [0.05, 0.1) is 0 Å². The van der Waals surface area contributed by atoms with Gasteiger partial charge < -0.3 is 92.9 Å². The standard InChI is InChI=1S/6ClH.3H3N.Rh/h6*1H;3*1H3;/p-6. The van der Waals surface area contributed by atoms with Crippen LogP contribution in [0, 0.1) is 0 Å². The molecule has 0 bridgehead atoms. The maximum absolute atomic E-state index is 0. The molecule has 81 valence electrons. The van der Waals surface area contributed by atoms with Gasteiger partial charge in [-0.25, -0.2) is 0 Å². The second-order valence-corrected chi connectivity index (χ2v) is 0. The van der Waals surface area contributed by atoms with Crippen LogP contribution in [0.1, 0.15) is 0 Å². The molecular formula is H9Cl6N3Rh-6. The number of rotatable bonds is 0. The van der Waals surface area contributed by atoms with E-state index in [9.17, 15) is 0 Å². The molecule has 0 heterocycles. The summed E-state index contributed by atoms with van der Waals surface area (Å²) in [6, 6.07) is 0. The minimum Gasteiger partial charge on any atom is -1.00 e. The quantitative estimate of drug-likeness (QED) is 0.371. The molecule has 0 rings (SSSR count). The van der Waals surface area contributed by atoms with E-state index in [0.717, 1.165) is 0 Å². The Morgan fingerprint density at radius 3 is 0.300 bits per heavy atom. The fraction of sp³-hybridized carbons (Fsp3) is 0. The van der Waals surface area contributed by atoms with Crippen molar-refractivity contribution < 1.29 is 93.9 Å². The van der Waals surface area contributed by atoms with Crippen molar-refractivity contribution in [2.75, 3.05) is 0 Å². The molecule has 9 N–H and O–H groups in total. The van der Waals surface area contributed by atoms with Gasteiger partial charge in [0.1, 0.15) is 0 Å². The van der Waals surface area contributed by atoms with Crippen molar-refractivity contribution in [3.8, 4) is 0 Å². The molecule has 0 saturated heterocycles. The predicted molar refractivity (Wildman–Crippen MR) is 15.1 cm³/mol. The Hall–Kier alpha value is 2.24. The van der Waals surface area contributed by atoms with Gasteiger partial charge >= 0.3 is 0 Å². The van der Waals surface area contributed by atoms with E-state index < -0.39 is 0 Å². The first-order valence-electron chi connectivity index (χ1n) is 0. The Bertz CT molecular complexity index is 13.0. The van der Waals surface area contributed by atoms with Crippen molar-refractivity contribution in [3.05, 3.63) is 0 Å². The summed E-state index contributed by atoms with van der Waals surface area (Å²) in [6.07, 6.45) is 0. The Labute approximate surface area is 112 Å². The Kier molecular flexibility index (Phi) is 7210. The van der Waals surface area contributed by atoms with Crippen LogP contribution < -0.4 is 92.9 Å². The molecule has 0 spiro atoms. The van der Waals surface area contributed by atoms with Gasteiger partial charge in [0, 0.05) is 19.5 Å². The summed E-state index contributed by atoms with van der Waals surface area (Å²) in [7, 11) is 0. The zero-order chi connectivity index (χ0) is 0. The van der Waals surface area contributed by atoms with Crippen molar-refractivity contribution >= 4 is 0 Å². The third kappa shape index (κ3) is 174. The van der Waals surface area contributed by atoms with Crippen molar-refractivity contribution in [1.82, 2.24) is 18.5 Å². The summed E-state index contributed by atoms with van der Waals surface area (Å²) in [5.41, 5.74) is 0.